The molecule has 28 heavy (non-hydrogen) atoms. The zero-order chi connectivity index (χ0) is 19.3. The van der Waals surface area contributed by atoms with Gasteiger partial charge in [-0.3, -0.25) is 10.00 Å². The van der Waals surface area contributed by atoms with E-state index in [2.05, 4.69) is 44.7 Å². The molecule has 0 unspecified atom stereocenters. The van der Waals surface area contributed by atoms with Gasteiger partial charge in [0, 0.05) is 49.4 Å². The standard InChI is InChI=1S/C22H25FN4O/c1-28-19-7-8-20(21(23)11-19)22-17(13-25-26-22)12-24-18-9-10-27(15-18)14-16-5-3-2-4-6-16/h2-8,11,13,18,24H,9-10,12,14-15H2,1H3,(H,25,26)/t18-/m1/s1. The summed E-state index contributed by atoms with van der Waals surface area (Å²) in [6.45, 7) is 3.73. The molecule has 2 heterocycles. The third-order valence-corrected chi connectivity index (χ3v) is 5.27. The first-order valence-electron chi connectivity index (χ1n) is 9.59. The summed E-state index contributed by atoms with van der Waals surface area (Å²) in [5.41, 5.74) is 3.53. The molecule has 0 aliphatic carbocycles. The molecule has 1 saturated heterocycles. The number of nitrogens with one attached hydrogen (secondary N) is 2. The van der Waals surface area contributed by atoms with Crippen LogP contribution in [0, 0.1) is 5.82 Å². The molecular weight excluding hydrogens is 355 g/mol. The molecule has 146 valence electrons. The van der Waals surface area contributed by atoms with Crippen molar-refractivity contribution in [1.29, 1.82) is 0 Å². The average Bonchev–Trinajstić information content (AvgIpc) is 3.36. The fourth-order valence-corrected chi connectivity index (χ4v) is 3.74. The molecule has 1 aromatic heterocycles. The molecule has 0 radical (unpaired) electrons. The summed E-state index contributed by atoms with van der Waals surface area (Å²) in [5.74, 6) is 0.185. The molecule has 0 amide bonds. The van der Waals surface area contributed by atoms with Gasteiger partial charge in [0.25, 0.3) is 0 Å². The molecule has 2 aromatic carbocycles. The lowest BCUT2D eigenvalue weighted by Gasteiger charge is -2.17. The zero-order valence-corrected chi connectivity index (χ0v) is 16.0. The number of rotatable bonds is 7. The monoisotopic (exact) mass is 380 g/mol. The van der Waals surface area contributed by atoms with Crippen LogP contribution in [-0.4, -0.2) is 41.3 Å². The van der Waals surface area contributed by atoms with Gasteiger partial charge in [0.2, 0.25) is 0 Å². The Bertz CT molecular complexity index is 912. The Morgan fingerprint density at radius 1 is 1.25 bits per heavy atom. The minimum atomic E-state index is -0.320. The van der Waals surface area contributed by atoms with Crippen LogP contribution in [-0.2, 0) is 13.1 Å². The molecule has 0 saturated carbocycles. The second kappa shape index (κ2) is 8.54. The predicted molar refractivity (Wildman–Crippen MR) is 107 cm³/mol. The fraction of sp³-hybridized carbons (Fsp3) is 0.318. The summed E-state index contributed by atoms with van der Waals surface area (Å²) >= 11 is 0. The van der Waals surface area contributed by atoms with Crippen molar-refractivity contribution in [2.45, 2.75) is 25.6 Å². The maximum Gasteiger partial charge on any atom is 0.136 e. The van der Waals surface area contributed by atoms with E-state index in [1.807, 2.05) is 6.07 Å². The number of halogens is 1. The third kappa shape index (κ3) is 4.24. The lowest BCUT2D eigenvalue weighted by molar-refractivity contribution is 0.320. The van der Waals surface area contributed by atoms with E-state index in [1.165, 1.54) is 18.7 Å². The lowest BCUT2D eigenvalue weighted by atomic mass is 10.1. The molecule has 0 spiro atoms. The maximum absolute atomic E-state index is 14.4. The van der Waals surface area contributed by atoms with Crippen molar-refractivity contribution in [2.75, 3.05) is 20.2 Å². The molecule has 5 nitrogen and oxygen atoms in total. The summed E-state index contributed by atoms with van der Waals surface area (Å²) < 4.78 is 19.5. The highest BCUT2D eigenvalue weighted by Crippen LogP contribution is 2.27. The van der Waals surface area contributed by atoms with Crippen LogP contribution in [0.5, 0.6) is 5.75 Å². The van der Waals surface area contributed by atoms with Crippen LogP contribution in [0.25, 0.3) is 11.3 Å². The van der Waals surface area contributed by atoms with Crippen LogP contribution in [0.15, 0.2) is 54.7 Å². The largest absolute Gasteiger partial charge is 0.497 e. The van der Waals surface area contributed by atoms with Crippen molar-refractivity contribution in [3.8, 4) is 17.0 Å². The van der Waals surface area contributed by atoms with E-state index in [4.69, 9.17) is 4.74 Å². The van der Waals surface area contributed by atoms with Crippen molar-refractivity contribution in [1.82, 2.24) is 20.4 Å². The Balaban J connectivity index is 1.36. The quantitative estimate of drug-likeness (QED) is 0.658. The fourth-order valence-electron chi connectivity index (χ4n) is 3.74. The van der Waals surface area contributed by atoms with E-state index in [-0.39, 0.29) is 5.82 Å². The normalized spacial score (nSPS) is 17.1. The molecule has 0 bridgehead atoms. The molecule has 4 rings (SSSR count). The van der Waals surface area contributed by atoms with E-state index in [0.717, 1.165) is 31.6 Å². The van der Waals surface area contributed by atoms with E-state index in [9.17, 15) is 4.39 Å². The second-order valence-corrected chi connectivity index (χ2v) is 7.20. The average molecular weight is 380 g/mol. The smallest absolute Gasteiger partial charge is 0.136 e. The van der Waals surface area contributed by atoms with Gasteiger partial charge in [-0.25, -0.2) is 4.39 Å². The minimum Gasteiger partial charge on any atom is -0.497 e. The molecule has 6 heteroatoms. The first kappa shape index (κ1) is 18.7. The Morgan fingerprint density at radius 2 is 2.11 bits per heavy atom. The number of H-pyrrole nitrogens is 1. The van der Waals surface area contributed by atoms with Gasteiger partial charge in [-0.2, -0.15) is 5.10 Å². The van der Waals surface area contributed by atoms with E-state index in [1.54, 1.807) is 18.3 Å². The highest BCUT2D eigenvalue weighted by Gasteiger charge is 2.22. The number of ether oxygens (including phenoxy) is 1. The van der Waals surface area contributed by atoms with Gasteiger partial charge in [0.15, 0.2) is 0 Å². The van der Waals surface area contributed by atoms with Crippen molar-refractivity contribution in [2.24, 2.45) is 0 Å². The van der Waals surface area contributed by atoms with Gasteiger partial charge in [-0.15, -0.1) is 0 Å². The second-order valence-electron chi connectivity index (χ2n) is 7.20. The number of aromatic amines is 1. The molecule has 2 N–H and O–H groups in total. The number of nitrogens with zero attached hydrogens (tertiary/aromatic N) is 2. The van der Waals surface area contributed by atoms with E-state index in [0.29, 0.717) is 29.6 Å². The highest BCUT2D eigenvalue weighted by atomic mass is 19.1. The van der Waals surface area contributed by atoms with Crippen LogP contribution < -0.4 is 10.1 Å². The van der Waals surface area contributed by atoms with Gasteiger partial charge in [0.1, 0.15) is 11.6 Å². The summed E-state index contributed by atoms with van der Waals surface area (Å²) in [5, 5.41) is 10.7. The first-order valence-corrected chi connectivity index (χ1v) is 9.59. The van der Waals surface area contributed by atoms with Crippen LogP contribution in [0.4, 0.5) is 4.39 Å². The molecular formula is C22H25FN4O. The number of methoxy groups -OCH3 is 1. The van der Waals surface area contributed by atoms with Crippen LogP contribution in [0.2, 0.25) is 0 Å². The van der Waals surface area contributed by atoms with Gasteiger partial charge >= 0.3 is 0 Å². The van der Waals surface area contributed by atoms with Crippen LogP contribution in [0.3, 0.4) is 0 Å². The highest BCUT2D eigenvalue weighted by molar-refractivity contribution is 5.64. The number of aromatic nitrogens is 2. The lowest BCUT2D eigenvalue weighted by Crippen LogP contribution is -2.32. The Kier molecular flexibility index (Phi) is 5.69. The van der Waals surface area contributed by atoms with E-state index < -0.39 is 0 Å². The Hall–Kier alpha value is -2.70. The third-order valence-electron chi connectivity index (χ3n) is 5.27. The van der Waals surface area contributed by atoms with Crippen molar-refractivity contribution >= 4 is 0 Å². The van der Waals surface area contributed by atoms with Gasteiger partial charge in [-0.1, -0.05) is 30.3 Å². The summed E-state index contributed by atoms with van der Waals surface area (Å²) in [4.78, 5) is 2.46. The van der Waals surface area contributed by atoms with Crippen LogP contribution >= 0.6 is 0 Å². The molecule has 1 atom stereocenters. The SMILES string of the molecule is COc1ccc(-c2[nH]ncc2CN[C@@H]2CCN(Cc3ccccc3)C2)c(F)c1. The van der Waals surface area contributed by atoms with Crippen molar-refractivity contribution in [3.05, 3.63) is 71.7 Å². The predicted octanol–water partition coefficient (Wildman–Crippen LogP) is 3.59. The topological polar surface area (TPSA) is 53.2 Å². The summed E-state index contributed by atoms with van der Waals surface area (Å²) in [6.07, 6.45) is 2.87. The summed E-state index contributed by atoms with van der Waals surface area (Å²) in [7, 11) is 1.53. The Morgan fingerprint density at radius 3 is 2.89 bits per heavy atom. The first-order chi connectivity index (χ1) is 13.7. The molecule has 3 aromatic rings. The Labute approximate surface area is 164 Å². The van der Waals surface area contributed by atoms with Crippen molar-refractivity contribution in [3.63, 3.8) is 0 Å². The molecule has 1 aliphatic rings. The van der Waals surface area contributed by atoms with Gasteiger partial charge in [0.05, 0.1) is 19.0 Å². The number of likely N-dealkylation sites (tertiary alicyclic amines) is 1. The zero-order valence-electron chi connectivity index (χ0n) is 16.0. The molecule has 1 aliphatic heterocycles. The minimum absolute atomic E-state index is 0.320. The number of hydrogen-bond donors (Lipinski definition) is 2. The van der Waals surface area contributed by atoms with Crippen molar-refractivity contribution < 1.29 is 9.13 Å². The van der Waals surface area contributed by atoms with Gasteiger partial charge in [-0.05, 0) is 24.1 Å². The van der Waals surface area contributed by atoms with Crippen LogP contribution in [0.1, 0.15) is 17.5 Å². The van der Waals surface area contributed by atoms with Gasteiger partial charge < -0.3 is 10.1 Å². The number of benzene rings is 2. The summed E-state index contributed by atoms with van der Waals surface area (Å²) in [6, 6.07) is 15.9. The molecule has 1 fully saturated rings. The maximum atomic E-state index is 14.4. The van der Waals surface area contributed by atoms with E-state index >= 15 is 0 Å². The number of hydrogen-bond acceptors (Lipinski definition) is 4.